The highest BCUT2D eigenvalue weighted by atomic mass is 16.5. The molecular formula is C21H18N4O2. The molecule has 0 fully saturated rings. The Morgan fingerprint density at radius 3 is 2.81 bits per heavy atom. The summed E-state index contributed by atoms with van der Waals surface area (Å²) in [6.07, 6.45) is 0. The molecule has 0 aliphatic carbocycles. The van der Waals surface area contributed by atoms with Gasteiger partial charge in [-0.05, 0) is 43.3 Å². The molecule has 1 aliphatic rings. The number of para-hydroxylation sites is 1. The van der Waals surface area contributed by atoms with Gasteiger partial charge >= 0.3 is 0 Å². The SMILES string of the molecule is Cc1cc(Nc2ccc3nc(NC4COc5ccccc54)ccc3c2)no1. The normalized spacial score (nSPS) is 15.4. The summed E-state index contributed by atoms with van der Waals surface area (Å²) < 4.78 is 10.8. The van der Waals surface area contributed by atoms with Gasteiger partial charge in [0.15, 0.2) is 5.82 Å². The maximum atomic E-state index is 5.73. The van der Waals surface area contributed by atoms with Crippen molar-refractivity contribution in [3.05, 3.63) is 72.0 Å². The molecule has 6 heteroatoms. The minimum Gasteiger partial charge on any atom is -0.491 e. The lowest BCUT2D eigenvalue weighted by atomic mass is 10.1. The van der Waals surface area contributed by atoms with Crippen molar-refractivity contribution in [1.82, 2.24) is 10.1 Å². The Hall–Kier alpha value is -3.54. The van der Waals surface area contributed by atoms with Crippen molar-refractivity contribution in [2.75, 3.05) is 17.2 Å². The average molecular weight is 358 g/mol. The van der Waals surface area contributed by atoms with Crippen LogP contribution in [0.25, 0.3) is 10.9 Å². The van der Waals surface area contributed by atoms with Crippen LogP contribution in [-0.2, 0) is 0 Å². The highest BCUT2D eigenvalue weighted by Crippen LogP contribution is 2.34. The van der Waals surface area contributed by atoms with Crippen LogP contribution in [0.1, 0.15) is 17.4 Å². The largest absolute Gasteiger partial charge is 0.491 e. The molecule has 0 amide bonds. The van der Waals surface area contributed by atoms with E-state index in [0.717, 1.165) is 33.9 Å². The van der Waals surface area contributed by atoms with Crippen molar-refractivity contribution < 1.29 is 9.26 Å². The van der Waals surface area contributed by atoms with Crippen LogP contribution in [-0.4, -0.2) is 16.7 Å². The second kappa shape index (κ2) is 6.32. The van der Waals surface area contributed by atoms with E-state index in [0.29, 0.717) is 12.4 Å². The van der Waals surface area contributed by atoms with Crippen molar-refractivity contribution in [3.63, 3.8) is 0 Å². The molecule has 1 atom stereocenters. The first-order valence-electron chi connectivity index (χ1n) is 8.84. The minimum absolute atomic E-state index is 0.113. The van der Waals surface area contributed by atoms with Gasteiger partial charge in [-0.15, -0.1) is 0 Å². The lowest BCUT2D eigenvalue weighted by Crippen LogP contribution is -2.12. The molecule has 3 heterocycles. The highest BCUT2D eigenvalue weighted by Gasteiger charge is 2.23. The van der Waals surface area contributed by atoms with E-state index >= 15 is 0 Å². The molecule has 0 saturated carbocycles. The number of aromatic nitrogens is 2. The second-order valence-corrected chi connectivity index (χ2v) is 6.60. The Morgan fingerprint density at radius 1 is 1.00 bits per heavy atom. The summed E-state index contributed by atoms with van der Waals surface area (Å²) in [5.74, 6) is 3.24. The third kappa shape index (κ3) is 3.06. The van der Waals surface area contributed by atoms with Crippen molar-refractivity contribution in [3.8, 4) is 5.75 Å². The van der Waals surface area contributed by atoms with Gasteiger partial charge in [0.25, 0.3) is 0 Å². The zero-order chi connectivity index (χ0) is 18.2. The van der Waals surface area contributed by atoms with Gasteiger partial charge in [-0.1, -0.05) is 23.4 Å². The summed E-state index contributed by atoms with van der Waals surface area (Å²) in [5, 5.41) is 11.7. The fourth-order valence-corrected chi connectivity index (χ4v) is 3.32. The third-order valence-electron chi connectivity index (χ3n) is 4.61. The number of nitrogens with one attached hydrogen (secondary N) is 2. The van der Waals surface area contributed by atoms with Gasteiger partial charge < -0.3 is 19.9 Å². The summed E-state index contributed by atoms with van der Waals surface area (Å²) in [5.41, 5.74) is 3.03. The van der Waals surface area contributed by atoms with E-state index in [4.69, 9.17) is 14.2 Å². The Balaban J connectivity index is 1.37. The Bertz CT molecular complexity index is 1120. The summed E-state index contributed by atoms with van der Waals surface area (Å²) in [4.78, 5) is 4.74. The molecule has 5 rings (SSSR count). The van der Waals surface area contributed by atoms with E-state index in [1.807, 2.05) is 55.5 Å². The third-order valence-corrected chi connectivity index (χ3v) is 4.61. The summed E-state index contributed by atoms with van der Waals surface area (Å²) in [7, 11) is 0. The van der Waals surface area contributed by atoms with Gasteiger partial charge in [0.05, 0.1) is 11.6 Å². The van der Waals surface area contributed by atoms with Crippen molar-refractivity contribution in [1.29, 1.82) is 0 Å². The summed E-state index contributed by atoms with van der Waals surface area (Å²) >= 11 is 0. The molecule has 0 radical (unpaired) electrons. The first kappa shape index (κ1) is 15.7. The zero-order valence-electron chi connectivity index (χ0n) is 14.8. The number of nitrogens with zero attached hydrogens (tertiary/aromatic N) is 2. The van der Waals surface area contributed by atoms with Gasteiger partial charge in [0.1, 0.15) is 23.9 Å². The van der Waals surface area contributed by atoms with Gasteiger partial charge in [-0.2, -0.15) is 0 Å². The van der Waals surface area contributed by atoms with Crippen LogP contribution in [0.5, 0.6) is 5.75 Å². The number of benzene rings is 2. The molecule has 2 aromatic carbocycles. The molecule has 4 aromatic rings. The number of hydrogen-bond donors (Lipinski definition) is 2. The Kier molecular flexibility index (Phi) is 3.67. The molecule has 2 aromatic heterocycles. The quantitative estimate of drug-likeness (QED) is 0.545. The number of hydrogen-bond acceptors (Lipinski definition) is 6. The van der Waals surface area contributed by atoms with Crippen molar-refractivity contribution in [2.45, 2.75) is 13.0 Å². The van der Waals surface area contributed by atoms with Gasteiger partial charge in [0.2, 0.25) is 0 Å². The van der Waals surface area contributed by atoms with Crippen LogP contribution in [0.3, 0.4) is 0 Å². The standard InChI is InChI=1S/C21H18N4O2/c1-13-10-21(25-27-13)22-15-7-8-17-14(11-15)6-9-20(23-17)24-18-12-26-19-5-3-2-4-16(18)19/h2-11,18H,12H2,1H3,(H,22,25)(H,23,24). The predicted octanol–water partition coefficient (Wildman–Crippen LogP) is 4.82. The monoisotopic (exact) mass is 358 g/mol. The number of aryl methyl sites for hydroxylation is 1. The maximum Gasteiger partial charge on any atom is 0.174 e. The molecule has 1 unspecified atom stereocenters. The Labute approximate surface area is 156 Å². The minimum atomic E-state index is 0.113. The van der Waals surface area contributed by atoms with Gasteiger partial charge in [-0.25, -0.2) is 4.98 Å². The van der Waals surface area contributed by atoms with E-state index in [-0.39, 0.29) is 6.04 Å². The second-order valence-electron chi connectivity index (χ2n) is 6.60. The first-order chi connectivity index (χ1) is 13.2. The molecule has 0 saturated heterocycles. The Morgan fingerprint density at radius 2 is 1.93 bits per heavy atom. The lowest BCUT2D eigenvalue weighted by Gasteiger charge is -2.13. The molecule has 134 valence electrons. The molecule has 27 heavy (non-hydrogen) atoms. The average Bonchev–Trinajstić information content (AvgIpc) is 3.28. The van der Waals surface area contributed by atoms with E-state index in [2.05, 4.69) is 27.9 Å². The number of pyridine rings is 1. The van der Waals surface area contributed by atoms with Crippen molar-refractivity contribution in [2.24, 2.45) is 0 Å². The van der Waals surface area contributed by atoms with Gasteiger partial charge in [-0.3, -0.25) is 0 Å². The maximum absolute atomic E-state index is 5.73. The number of ether oxygens (including phenoxy) is 1. The molecule has 0 spiro atoms. The van der Waals surface area contributed by atoms with Crippen LogP contribution >= 0.6 is 0 Å². The molecule has 6 nitrogen and oxygen atoms in total. The molecular weight excluding hydrogens is 340 g/mol. The van der Waals surface area contributed by atoms with Crippen LogP contribution < -0.4 is 15.4 Å². The van der Waals surface area contributed by atoms with Gasteiger partial charge in [0, 0.05) is 22.7 Å². The number of rotatable bonds is 4. The van der Waals surface area contributed by atoms with E-state index < -0.39 is 0 Å². The van der Waals surface area contributed by atoms with Crippen LogP contribution in [0.4, 0.5) is 17.3 Å². The van der Waals surface area contributed by atoms with E-state index in [9.17, 15) is 0 Å². The van der Waals surface area contributed by atoms with Crippen LogP contribution in [0, 0.1) is 6.92 Å². The smallest absolute Gasteiger partial charge is 0.174 e. The van der Waals surface area contributed by atoms with Crippen LogP contribution in [0.15, 0.2) is 65.2 Å². The van der Waals surface area contributed by atoms with E-state index in [1.54, 1.807) is 0 Å². The summed E-state index contributed by atoms with van der Waals surface area (Å²) in [6.45, 7) is 2.48. The van der Waals surface area contributed by atoms with Crippen molar-refractivity contribution >= 4 is 28.2 Å². The number of fused-ring (bicyclic) bond motifs is 2. The van der Waals surface area contributed by atoms with E-state index in [1.165, 1.54) is 5.56 Å². The first-order valence-corrected chi connectivity index (χ1v) is 8.84. The topological polar surface area (TPSA) is 72.2 Å². The van der Waals surface area contributed by atoms with Crippen LogP contribution in [0.2, 0.25) is 0 Å². The lowest BCUT2D eigenvalue weighted by molar-refractivity contribution is 0.339. The molecule has 1 aliphatic heterocycles. The number of anilines is 3. The summed E-state index contributed by atoms with van der Waals surface area (Å²) in [6, 6.07) is 20.1. The fraction of sp³-hybridized carbons (Fsp3) is 0.143. The predicted molar refractivity (Wildman–Crippen MR) is 105 cm³/mol. The zero-order valence-corrected chi connectivity index (χ0v) is 14.8. The fourth-order valence-electron chi connectivity index (χ4n) is 3.32. The molecule has 0 bridgehead atoms. The highest BCUT2D eigenvalue weighted by molar-refractivity contribution is 5.84. The molecule has 2 N–H and O–H groups in total.